The molecule has 0 bridgehead atoms. The first-order chi connectivity index (χ1) is 9.20. The Bertz CT molecular complexity index is 379. The van der Waals surface area contributed by atoms with Crippen molar-refractivity contribution in [2.24, 2.45) is 0 Å². The molecule has 1 fully saturated rings. The fourth-order valence-corrected chi connectivity index (χ4v) is 2.98. The molecular weight excluding hydrogens is 282 g/mol. The number of halogens is 1. The molecule has 106 valence electrons. The van der Waals surface area contributed by atoms with Gasteiger partial charge in [-0.2, -0.15) is 0 Å². The lowest BCUT2D eigenvalue weighted by atomic mass is 9.99. The van der Waals surface area contributed by atoms with Crippen molar-refractivity contribution < 1.29 is 9.29 Å². The summed E-state index contributed by atoms with van der Waals surface area (Å²) in [6.07, 6.45) is 2.14. The van der Waals surface area contributed by atoms with Crippen LogP contribution >= 0.6 is 23.6 Å². The van der Waals surface area contributed by atoms with Crippen LogP contribution < -0.4 is 0 Å². The molecule has 0 saturated carbocycles. The summed E-state index contributed by atoms with van der Waals surface area (Å²) >= 11 is 7.55. The number of piperidine rings is 1. The van der Waals surface area contributed by atoms with Gasteiger partial charge in [0.25, 0.3) is 0 Å². The number of aliphatic hydroxyl groups is 1. The molecule has 0 aliphatic carbocycles. The van der Waals surface area contributed by atoms with Crippen LogP contribution in [-0.2, 0) is 10.7 Å². The number of rotatable bonds is 5. The SMILES string of the molecule is CSOCC1CC(O)[C@@H](Cl)CN1Cc1ccccc1. The molecule has 5 heteroatoms. The third-order valence-electron chi connectivity index (χ3n) is 3.46. The van der Waals surface area contributed by atoms with Crippen LogP contribution in [0.4, 0.5) is 0 Å². The first kappa shape index (κ1) is 15.1. The number of hydrogen-bond donors (Lipinski definition) is 1. The van der Waals surface area contributed by atoms with Crippen molar-refractivity contribution in [3.05, 3.63) is 35.9 Å². The maximum atomic E-state index is 9.91. The summed E-state index contributed by atoms with van der Waals surface area (Å²) < 4.78 is 5.45. The zero-order valence-corrected chi connectivity index (χ0v) is 12.6. The van der Waals surface area contributed by atoms with Crippen molar-refractivity contribution in [1.29, 1.82) is 0 Å². The Morgan fingerprint density at radius 3 is 2.84 bits per heavy atom. The van der Waals surface area contributed by atoms with Crippen molar-refractivity contribution in [3.63, 3.8) is 0 Å². The highest BCUT2D eigenvalue weighted by molar-refractivity contribution is 7.93. The van der Waals surface area contributed by atoms with E-state index in [9.17, 15) is 5.11 Å². The predicted octanol–water partition coefficient (Wildman–Crippen LogP) is 2.52. The Morgan fingerprint density at radius 2 is 2.16 bits per heavy atom. The van der Waals surface area contributed by atoms with E-state index in [1.807, 2.05) is 24.5 Å². The Hall–Kier alpha value is -0.260. The van der Waals surface area contributed by atoms with Gasteiger partial charge in [-0.25, -0.2) is 0 Å². The van der Waals surface area contributed by atoms with Crippen LogP contribution in [0.3, 0.4) is 0 Å². The second-order valence-electron chi connectivity index (χ2n) is 4.84. The molecular formula is C14H20ClNO2S. The molecule has 2 unspecified atom stereocenters. The zero-order chi connectivity index (χ0) is 13.7. The normalized spacial score (nSPS) is 28.5. The molecule has 3 nitrogen and oxygen atoms in total. The zero-order valence-electron chi connectivity index (χ0n) is 11.0. The van der Waals surface area contributed by atoms with Gasteiger partial charge in [-0.3, -0.25) is 4.90 Å². The molecule has 0 spiro atoms. The molecule has 1 aliphatic rings. The molecule has 1 aromatic rings. The highest BCUT2D eigenvalue weighted by Crippen LogP contribution is 2.24. The molecule has 1 aromatic carbocycles. The first-order valence-corrected chi connectivity index (χ1v) is 8.05. The molecule has 1 aliphatic heterocycles. The highest BCUT2D eigenvalue weighted by atomic mass is 35.5. The summed E-state index contributed by atoms with van der Waals surface area (Å²) in [6.45, 7) is 2.16. The van der Waals surface area contributed by atoms with Crippen LogP contribution in [0, 0.1) is 0 Å². The molecule has 0 radical (unpaired) electrons. The lowest BCUT2D eigenvalue weighted by molar-refractivity contribution is 0.0242. The molecule has 3 atom stereocenters. The van der Waals surface area contributed by atoms with Gasteiger partial charge in [-0.1, -0.05) is 30.3 Å². The molecule has 1 heterocycles. The van der Waals surface area contributed by atoms with Crippen molar-refractivity contribution in [1.82, 2.24) is 4.90 Å². The number of alkyl halides is 1. The average Bonchev–Trinajstić information content (AvgIpc) is 2.42. The van der Waals surface area contributed by atoms with Gasteiger partial charge in [0, 0.05) is 25.4 Å². The van der Waals surface area contributed by atoms with Gasteiger partial charge in [0.1, 0.15) is 0 Å². The number of hydrogen-bond acceptors (Lipinski definition) is 4. The number of benzene rings is 1. The second-order valence-corrected chi connectivity index (χ2v) is 5.97. The van der Waals surface area contributed by atoms with Gasteiger partial charge in [0.15, 0.2) is 0 Å². The Balaban J connectivity index is 2.01. The van der Waals surface area contributed by atoms with E-state index in [1.54, 1.807) is 0 Å². The Morgan fingerprint density at radius 1 is 1.42 bits per heavy atom. The smallest absolute Gasteiger partial charge is 0.0770 e. The van der Waals surface area contributed by atoms with E-state index < -0.39 is 6.10 Å². The minimum Gasteiger partial charge on any atom is -0.391 e. The summed E-state index contributed by atoms with van der Waals surface area (Å²) in [5, 5.41) is 9.71. The number of nitrogens with zero attached hydrogens (tertiary/aromatic N) is 1. The van der Waals surface area contributed by atoms with E-state index in [0.29, 0.717) is 19.6 Å². The van der Waals surface area contributed by atoms with Crippen LogP contribution in [0.15, 0.2) is 30.3 Å². The van der Waals surface area contributed by atoms with E-state index in [1.165, 1.54) is 17.6 Å². The molecule has 2 rings (SSSR count). The summed E-state index contributed by atoms with van der Waals surface area (Å²) in [4.78, 5) is 2.30. The minimum atomic E-state index is -0.441. The largest absolute Gasteiger partial charge is 0.391 e. The molecule has 0 amide bonds. The lowest BCUT2D eigenvalue weighted by Crippen LogP contribution is -2.51. The van der Waals surface area contributed by atoms with E-state index in [2.05, 4.69) is 17.0 Å². The second kappa shape index (κ2) is 7.50. The standard InChI is InChI=1S/C14H20ClNO2S/c1-19-18-10-12-7-14(17)13(15)9-16(12)8-11-5-3-2-4-6-11/h2-6,12-14,17H,7-10H2,1H3/t12?,13-,14?/m0/s1. The van der Waals surface area contributed by atoms with Gasteiger partial charge in [0.05, 0.1) is 18.1 Å². The van der Waals surface area contributed by atoms with Crippen molar-refractivity contribution in [2.45, 2.75) is 30.5 Å². The lowest BCUT2D eigenvalue weighted by Gasteiger charge is -2.40. The van der Waals surface area contributed by atoms with Gasteiger partial charge in [-0.05, 0) is 24.0 Å². The Labute approximate surface area is 124 Å². The maximum Gasteiger partial charge on any atom is 0.0770 e. The van der Waals surface area contributed by atoms with Gasteiger partial charge in [-0.15, -0.1) is 11.6 Å². The molecule has 1 N–H and O–H groups in total. The maximum absolute atomic E-state index is 9.91. The highest BCUT2D eigenvalue weighted by Gasteiger charge is 2.33. The summed E-state index contributed by atoms with van der Waals surface area (Å²) in [6, 6.07) is 10.5. The van der Waals surface area contributed by atoms with Gasteiger partial charge < -0.3 is 9.29 Å². The predicted molar refractivity (Wildman–Crippen MR) is 80.4 cm³/mol. The minimum absolute atomic E-state index is 0.200. The summed E-state index contributed by atoms with van der Waals surface area (Å²) in [5.41, 5.74) is 1.26. The number of likely N-dealkylation sites (tertiary alicyclic amines) is 1. The van der Waals surface area contributed by atoms with Crippen LogP contribution in [0.1, 0.15) is 12.0 Å². The summed E-state index contributed by atoms with van der Waals surface area (Å²) in [7, 11) is 0. The topological polar surface area (TPSA) is 32.7 Å². The quantitative estimate of drug-likeness (QED) is 0.669. The van der Waals surface area contributed by atoms with Gasteiger partial charge >= 0.3 is 0 Å². The average molecular weight is 302 g/mol. The molecule has 1 saturated heterocycles. The van der Waals surface area contributed by atoms with E-state index in [-0.39, 0.29) is 11.4 Å². The molecule has 0 aromatic heterocycles. The van der Waals surface area contributed by atoms with Crippen LogP contribution in [-0.4, -0.2) is 46.9 Å². The molecule has 19 heavy (non-hydrogen) atoms. The fourth-order valence-electron chi connectivity index (χ4n) is 2.40. The summed E-state index contributed by atoms with van der Waals surface area (Å²) in [5.74, 6) is 0. The van der Waals surface area contributed by atoms with E-state index in [0.717, 1.165) is 6.54 Å². The Kier molecular flexibility index (Phi) is 5.98. The van der Waals surface area contributed by atoms with Crippen molar-refractivity contribution >= 4 is 23.6 Å². The monoisotopic (exact) mass is 301 g/mol. The van der Waals surface area contributed by atoms with E-state index >= 15 is 0 Å². The van der Waals surface area contributed by atoms with Crippen molar-refractivity contribution in [3.8, 4) is 0 Å². The van der Waals surface area contributed by atoms with Crippen molar-refractivity contribution in [2.75, 3.05) is 19.4 Å². The fraction of sp³-hybridized carbons (Fsp3) is 0.571. The van der Waals surface area contributed by atoms with Crippen LogP contribution in [0.2, 0.25) is 0 Å². The third-order valence-corrected chi connectivity index (χ3v) is 4.26. The van der Waals surface area contributed by atoms with Gasteiger partial charge in [0.2, 0.25) is 0 Å². The number of aliphatic hydroxyl groups excluding tert-OH is 1. The third kappa shape index (κ3) is 4.36. The van der Waals surface area contributed by atoms with E-state index in [4.69, 9.17) is 15.8 Å². The first-order valence-electron chi connectivity index (χ1n) is 6.46. The van der Waals surface area contributed by atoms with Crippen LogP contribution in [0.25, 0.3) is 0 Å². The van der Waals surface area contributed by atoms with Crippen LogP contribution in [0.5, 0.6) is 0 Å².